The van der Waals surface area contributed by atoms with Crippen molar-refractivity contribution in [3.63, 3.8) is 0 Å². The van der Waals surface area contributed by atoms with Crippen molar-refractivity contribution < 1.29 is 14.2 Å². The minimum Gasteiger partial charge on any atom is -0.453 e. The van der Waals surface area contributed by atoms with Crippen LogP contribution in [0.1, 0.15) is 77.6 Å². The molecule has 260 valence electrons. The Morgan fingerprint density at radius 1 is 0.404 bits per heavy atom. The van der Waals surface area contributed by atoms with E-state index in [2.05, 4.69) is 138 Å². The number of rotatable bonds is 2. The van der Waals surface area contributed by atoms with E-state index in [-0.39, 0.29) is 10.8 Å². The van der Waals surface area contributed by atoms with Crippen LogP contribution >= 0.6 is 0 Å². The zero-order valence-corrected chi connectivity index (χ0v) is 31.2. The van der Waals surface area contributed by atoms with Gasteiger partial charge in [-0.3, -0.25) is 9.80 Å². The molecule has 0 atom stereocenters. The zero-order chi connectivity index (χ0) is 36.2. The molecule has 3 aliphatic heterocycles. The summed E-state index contributed by atoms with van der Waals surface area (Å²) in [6, 6.07) is 42.5. The van der Waals surface area contributed by atoms with Crippen molar-refractivity contribution >= 4 is 34.1 Å². The standard InChI is InChI=1S/C47H44N2O3/c1-45(2,3)29-25-31-43(37(27-29)48-33-17-9-13-21-39(33)50-40-22-14-10-18-34(40)48)52-44-32(47(31,7)8)26-30(46(4,5)6)28-38(44)49-35-19-11-15-23-41(35)51-42-24-16-12-20-36(42)49/h9-28H,1-8H3. The molecule has 3 heterocycles. The maximum Gasteiger partial charge on any atom is 0.155 e. The molecule has 0 saturated heterocycles. The molecule has 0 amide bonds. The first-order valence-electron chi connectivity index (χ1n) is 18.2. The van der Waals surface area contributed by atoms with Gasteiger partial charge in [0, 0.05) is 16.5 Å². The number of hydrogen-bond acceptors (Lipinski definition) is 5. The predicted molar refractivity (Wildman–Crippen MR) is 212 cm³/mol. The molecule has 5 heteroatoms. The van der Waals surface area contributed by atoms with Gasteiger partial charge < -0.3 is 14.2 Å². The SMILES string of the molecule is CC(C)(C)c1cc(N2c3ccccc3Oc3ccccc32)c2c(c1)C(C)(C)c1cc(C(C)(C)C)cc(N3c4ccccc4Oc4ccccc43)c1O2. The molecule has 0 bridgehead atoms. The molecule has 0 saturated carbocycles. The summed E-state index contributed by atoms with van der Waals surface area (Å²) in [6.45, 7) is 18.4. The van der Waals surface area contributed by atoms with Crippen molar-refractivity contribution in [3.05, 3.63) is 144 Å². The number of benzene rings is 6. The molecule has 0 unspecified atom stereocenters. The van der Waals surface area contributed by atoms with Gasteiger partial charge in [-0.1, -0.05) is 116 Å². The van der Waals surface area contributed by atoms with Crippen LogP contribution in [0, 0.1) is 0 Å². The Hall–Kier alpha value is -5.68. The minimum absolute atomic E-state index is 0.120. The summed E-state index contributed by atoms with van der Waals surface area (Å²) in [6.07, 6.45) is 0. The number of hydrogen-bond donors (Lipinski definition) is 0. The molecule has 0 aliphatic carbocycles. The Morgan fingerprint density at radius 3 is 1.02 bits per heavy atom. The first kappa shape index (κ1) is 32.2. The van der Waals surface area contributed by atoms with Gasteiger partial charge in [-0.2, -0.15) is 0 Å². The fourth-order valence-corrected chi connectivity index (χ4v) is 7.74. The summed E-state index contributed by atoms with van der Waals surface area (Å²) in [5, 5.41) is 0. The van der Waals surface area contributed by atoms with Gasteiger partial charge in [-0.05, 0) is 82.6 Å². The Kier molecular flexibility index (Phi) is 6.92. The van der Waals surface area contributed by atoms with E-state index in [0.717, 1.165) is 79.7 Å². The summed E-state index contributed by atoms with van der Waals surface area (Å²) in [7, 11) is 0. The van der Waals surface area contributed by atoms with Crippen LogP contribution in [-0.2, 0) is 16.2 Å². The summed E-state index contributed by atoms with van der Waals surface area (Å²) in [4.78, 5) is 4.65. The summed E-state index contributed by atoms with van der Waals surface area (Å²) >= 11 is 0. The van der Waals surface area contributed by atoms with Gasteiger partial charge in [0.15, 0.2) is 34.5 Å². The van der Waals surface area contributed by atoms with Crippen LogP contribution < -0.4 is 24.0 Å². The molecule has 0 aromatic heterocycles. The lowest BCUT2D eigenvalue weighted by atomic mass is 9.71. The van der Waals surface area contributed by atoms with Crippen LogP contribution in [0.3, 0.4) is 0 Å². The van der Waals surface area contributed by atoms with Crippen LogP contribution in [0.25, 0.3) is 0 Å². The maximum atomic E-state index is 7.51. The highest BCUT2D eigenvalue weighted by Gasteiger charge is 2.43. The zero-order valence-electron chi connectivity index (χ0n) is 31.2. The summed E-state index contributed by atoms with van der Waals surface area (Å²) in [5.41, 5.74) is 9.99. The first-order chi connectivity index (χ1) is 24.8. The van der Waals surface area contributed by atoms with Crippen molar-refractivity contribution in [2.45, 2.75) is 71.6 Å². The lowest BCUT2D eigenvalue weighted by molar-refractivity contribution is 0.416. The molecular weight excluding hydrogens is 641 g/mol. The topological polar surface area (TPSA) is 34.2 Å². The van der Waals surface area contributed by atoms with Crippen molar-refractivity contribution in [1.82, 2.24) is 0 Å². The lowest BCUT2D eigenvalue weighted by Gasteiger charge is -2.43. The Bertz CT molecular complexity index is 2150. The van der Waals surface area contributed by atoms with Crippen LogP contribution in [-0.4, -0.2) is 0 Å². The number of anilines is 6. The van der Waals surface area contributed by atoms with Crippen LogP contribution in [0.5, 0.6) is 34.5 Å². The van der Waals surface area contributed by atoms with Crippen LogP contribution in [0.2, 0.25) is 0 Å². The van der Waals surface area contributed by atoms with Gasteiger partial charge in [-0.25, -0.2) is 0 Å². The third-order valence-electron chi connectivity index (χ3n) is 10.8. The quantitative estimate of drug-likeness (QED) is 0.181. The maximum absolute atomic E-state index is 7.51. The largest absolute Gasteiger partial charge is 0.453 e. The van der Waals surface area contributed by atoms with E-state index in [1.54, 1.807) is 0 Å². The summed E-state index contributed by atoms with van der Waals surface area (Å²) in [5.74, 6) is 4.92. The van der Waals surface area contributed by atoms with E-state index in [4.69, 9.17) is 14.2 Å². The number of para-hydroxylation sites is 8. The van der Waals surface area contributed by atoms with Crippen LogP contribution in [0.15, 0.2) is 121 Å². The minimum atomic E-state index is -0.425. The van der Waals surface area contributed by atoms with Gasteiger partial charge in [0.05, 0.1) is 34.1 Å². The van der Waals surface area contributed by atoms with Crippen molar-refractivity contribution in [3.8, 4) is 34.5 Å². The summed E-state index contributed by atoms with van der Waals surface area (Å²) < 4.78 is 20.5. The highest BCUT2D eigenvalue weighted by atomic mass is 16.5. The van der Waals surface area contributed by atoms with E-state index in [1.165, 1.54) is 11.1 Å². The molecule has 0 spiro atoms. The van der Waals surface area contributed by atoms with E-state index in [0.29, 0.717) is 0 Å². The average molecular weight is 685 g/mol. The average Bonchev–Trinajstić information content (AvgIpc) is 3.11. The third kappa shape index (κ3) is 4.90. The van der Waals surface area contributed by atoms with Crippen molar-refractivity contribution in [1.29, 1.82) is 0 Å². The highest BCUT2D eigenvalue weighted by Crippen LogP contribution is 2.62. The molecule has 52 heavy (non-hydrogen) atoms. The fraction of sp³-hybridized carbons (Fsp3) is 0.234. The number of fused-ring (bicyclic) bond motifs is 6. The van der Waals surface area contributed by atoms with Gasteiger partial charge >= 0.3 is 0 Å². The van der Waals surface area contributed by atoms with Gasteiger partial charge in [0.25, 0.3) is 0 Å². The van der Waals surface area contributed by atoms with Gasteiger partial charge in [0.2, 0.25) is 0 Å². The molecule has 0 N–H and O–H groups in total. The molecule has 3 aliphatic rings. The highest BCUT2D eigenvalue weighted by molar-refractivity contribution is 5.93. The Labute approximate surface area is 307 Å². The number of nitrogens with zero attached hydrogens (tertiary/aromatic N) is 2. The Morgan fingerprint density at radius 2 is 0.712 bits per heavy atom. The second-order valence-corrected chi connectivity index (χ2v) is 16.7. The molecule has 9 rings (SSSR count). The number of ether oxygens (including phenoxy) is 3. The van der Waals surface area contributed by atoms with E-state index in [1.807, 2.05) is 48.5 Å². The van der Waals surface area contributed by atoms with E-state index < -0.39 is 5.41 Å². The smallest absolute Gasteiger partial charge is 0.155 e. The monoisotopic (exact) mass is 684 g/mol. The molecule has 0 radical (unpaired) electrons. The van der Waals surface area contributed by atoms with Gasteiger partial charge in [-0.15, -0.1) is 0 Å². The van der Waals surface area contributed by atoms with Gasteiger partial charge in [0.1, 0.15) is 0 Å². The molecule has 0 fully saturated rings. The second-order valence-electron chi connectivity index (χ2n) is 16.7. The Balaban J connectivity index is 1.36. The molecular formula is C47H44N2O3. The predicted octanol–water partition coefficient (Wildman–Crippen LogP) is 13.9. The molecule has 5 nitrogen and oxygen atoms in total. The van der Waals surface area contributed by atoms with Crippen molar-refractivity contribution in [2.75, 3.05) is 9.80 Å². The van der Waals surface area contributed by atoms with Crippen LogP contribution in [0.4, 0.5) is 34.1 Å². The van der Waals surface area contributed by atoms with Crippen molar-refractivity contribution in [2.24, 2.45) is 0 Å². The molecule has 6 aromatic carbocycles. The molecule has 6 aromatic rings. The third-order valence-corrected chi connectivity index (χ3v) is 10.8. The lowest BCUT2D eigenvalue weighted by Crippen LogP contribution is -2.30. The second kappa shape index (κ2) is 11.2. The normalized spacial score (nSPS) is 15.1. The van der Waals surface area contributed by atoms with E-state index in [9.17, 15) is 0 Å². The van der Waals surface area contributed by atoms with E-state index >= 15 is 0 Å². The fourth-order valence-electron chi connectivity index (χ4n) is 7.74. The first-order valence-corrected chi connectivity index (χ1v) is 18.2.